The highest BCUT2D eigenvalue weighted by Gasteiger charge is 2.30. The number of aromatic nitrogens is 3. The van der Waals surface area contributed by atoms with Crippen LogP contribution in [-0.2, 0) is 6.54 Å². The van der Waals surface area contributed by atoms with E-state index in [9.17, 15) is 0 Å². The number of hydrogen-bond donors (Lipinski definition) is 1. The van der Waals surface area contributed by atoms with Crippen molar-refractivity contribution in [1.29, 1.82) is 0 Å². The summed E-state index contributed by atoms with van der Waals surface area (Å²) in [4.78, 5) is 2.31. The van der Waals surface area contributed by atoms with Gasteiger partial charge in [-0.1, -0.05) is 30.3 Å². The fourth-order valence-electron chi connectivity index (χ4n) is 2.43. The number of anilines is 1. The number of aromatic amines is 1. The van der Waals surface area contributed by atoms with Crippen LogP contribution in [0, 0.1) is 4.77 Å². The van der Waals surface area contributed by atoms with Crippen LogP contribution in [0.5, 0.6) is 0 Å². The molecule has 1 aromatic carbocycles. The van der Waals surface area contributed by atoms with Gasteiger partial charge in [-0.2, -0.15) is 0 Å². The Morgan fingerprint density at radius 2 is 2.05 bits per heavy atom. The van der Waals surface area contributed by atoms with Crippen LogP contribution < -0.4 is 4.90 Å². The molecule has 0 spiro atoms. The predicted molar refractivity (Wildman–Crippen MR) is 83.4 cm³/mol. The monoisotopic (exact) mass is 288 g/mol. The molecule has 3 rings (SSSR count). The van der Waals surface area contributed by atoms with Gasteiger partial charge in [0.2, 0.25) is 5.95 Å². The van der Waals surface area contributed by atoms with Gasteiger partial charge in [-0.05, 0) is 44.5 Å². The lowest BCUT2D eigenvalue weighted by Crippen LogP contribution is -2.32. The van der Waals surface area contributed by atoms with E-state index in [2.05, 4.69) is 57.8 Å². The molecule has 0 atom stereocenters. The minimum absolute atomic E-state index is 0.373. The van der Waals surface area contributed by atoms with Crippen LogP contribution in [0.15, 0.2) is 30.3 Å². The van der Waals surface area contributed by atoms with Crippen molar-refractivity contribution in [2.24, 2.45) is 0 Å². The zero-order chi connectivity index (χ0) is 14.1. The zero-order valence-corrected chi connectivity index (χ0v) is 12.7. The number of H-pyrrole nitrogens is 1. The predicted octanol–water partition coefficient (Wildman–Crippen LogP) is 3.69. The number of rotatable bonds is 5. The van der Waals surface area contributed by atoms with Gasteiger partial charge in [0.15, 0.2) is 4.77 Å². The van der Waals surface area contributed by atoms with Gasteiger partial charge in [-0.25, -0.2) is 5.10 Å². The van der Waals surface area contributed by atoms with Crippen molar-refractivity contribution in [3.8, 4) is 0 Å². The average Bonchev–Trinajstić information content (AvgIpc) is 3.20. The van der Waals surface area contributed by atoms with Gasteiger partial charge in [-0.15, -0.1) is 5.10 Å². The Morgan fingerprint density at radius 3 is 2.65 bits per heavy atom. The molecule has 1 saturated carbocycles. The van der Waals surface area contributed by atoms with Crippen molar-refractivity contribution in [2.45, 2.75) is 45.3 Å². The molecule has 1 fully saturated rings. The van der Waals surface area contributed by atoms with E-state index in [1.807, 2.05) is 6.07 Å². The van der Waals surface area contributed by atoms with E-state index in [1.54, 1.807) is 0 Å². The molecule has 1 aliphatic carbocycles. The normalized spacial score (nSPS) is 14.8. The van der Waals surface area contributed by atoms with Crippen LogP contribution in [0.1, 0.15) is 38.3 Å². The first-order chi connectivity index (χ1) is 9.66. The van der Waals surface area contributed by atoms with Gasteiger partial charge in [0.1, 0.15) is 0 Å². The van der Waals surface area contributed by atoms with Crippen LogP contribution in [-0.4, -0.2) is 20.8 Å². The Morgan fingerprint density at radius 1 is 1.35 bits per heavy atom. The maximum absolute atomic E-state index is 5.38. The van der Waals surface area contributed by atoms with Crippen LogP contribution in [0.2, 0.25) is 0 Å². The lowest BCUT2D eigenvalue weighted by Gasteiger charge is -2.28. The second-order valence-corrected chi connectivity index (χ2v) is 6.02. The molecule has 0 unspecified atom stereocenters. The maximum atomic E-state index is 5.38. The lowest BCUT2D eigenvalue weighted by atomic mass is 10.2. The van der Waals surface area contributed by atoms with Gasteiger partial charge in [-0.3, -0.25) is 4.57 Å². The second-order valence-electron chi connectivity index (χ2n) is 5.64. The lowest BCUT2D eigenvalue weighted by molar-refractivity contribution is 0.619. The summed E-state index contributed by atoms with van der Waals surface area (Å²) >= 11 is 5.38. The summed E-state index contributed by atoms with van der Waals surface area (Å²) in [5.74, 6) is 0.969. The topological polar surface area (TPSA) is 36.9 Å². The molecule has 2 aromatic rings. The van der Waals surface area contributed by atoms with E-state index in [0.29, 0.717) is 12.1 Å². The third-order valence-corrected chi connectivity index (χ3v) is 3.96. The number of hydrogen-bond acceptors (Lipinski definition) is 3. The van der Waals surface area contributed by atoms with E-state index >= 15 is 0 Å². The third kappa shape index (κ3) is 2.63. The van der Waals surface area contributed by atoms with Gasteiger partial charge < -0.3 is 4.90 Å². The molecule has 1 heterocycles. The summed E-state index contributed by atoms with van der Waals surface area (Å²) in [6.07, 6.45) is 2.41. The molecule has 1 aromatic heterocycles. The van der Waals surface area contributed by atoms with Crippen LogP contribution in [0.4, 0.5) is 5.95 Å². The average molecular weight is 288 g/mol. The highest BCUT2D eigenvalue weighted by molar-refractivity contribution is 7.71. The molecule has 20 heavy (non-hydrogen) atoms. The second kappa shape index (κ2) is 5.40. The van der Waals surface area contributed by atoms with E-state index in [1.165, 1.54) is 18.4 Å². The summed E-state index contributed by atoms with van der Waals surface area (Å²) in [6.45, 7) is 5.24. The molecule has 5 heteroatoms. The smallest absolute Gasteiger partial charge is 0.226 e. The molecule has 1 aliphatic rings. The molecule has 0 aliphatic heterocycles. The molecule has 1 N–H and O–H groups in total. The standard InChI is InChI=1S/C15H20N4S/c1-11(2)18(10-12-6-4-3-5-7-12)14-16-17-15(20)19(14)13-8-9-13/h3-7,11,13H,8-10H2,1-2H3,(H,17,20). The van der Waals surface area contributed by atoms with Crippen molar-refractivity contribution in [3.05, 3.63) is 40.7 Å². The van der Waals surface area contributed by atoms with Crippen molar-refractivity contribution in [2.75, 3.05) is 4.90 Å². The Balaban J connectivity index is 1.93. The summed E-state index contributed by atoms with van der Waals surface area (Å²) in [5, 5.41) is 7.42. The highest BCUT2D eigenvalue weighted by atomic mass is 32.1. The van der Waals surface area contributed by atoms with Crippen molar-refractivity contribution < 1.29 is 0 Å². The summed E-state index contributed by atoms with van der Waals surface area (Å²) < 4.78 is 2.92. The Bertz CT molecular complexity index is 625. The molecule has 106 valence electrons. The molecule has 4 nitrogen and oxygen atoms in total. The molecule has 0 amide bonds. The van der Waals surface area contributed by atoms with Crippen LogP contribution >= 0.6 is 12.2 Å². The Kier molecular flexibility index (Phi) is 3.61. The first-order valence-corrected chi connectivity index (χ1v) is 7.55. The van der Waals surface area contributed by atoms with Crippen molar-refractivity contribution in [3.63, 3.8) is 0 Å². The Hall–Kier alpha value is -1.62. The van der Waals surface area contributed by atoms with E-state index in [0.717, 1.165) is 17.3 Å². The Labute approximate surface area is 124 Å². The number of nitrogens with zero attached hydrogens (tertiary/aromatic N) is 3. The minimum Gasteiger partial charge on any atom is -0.334 e. The van der Waals surface area contributed by atoms with E-state index in [4.69, 9.17) is 12.2 Å². The zero-order valence-electron chi connectivity index (χ0n) is 11.9. The van der Waals surface area contributed by atoms with Crippen LogP contribution in [0.25, 0.3) is 0 Å². The van der Waals surface area contributed by atoms with Crippen LogP contribution in [0.3, 0.4) is 0 Å². The third-order valence-electron chi connectivity index (χ3n) is 3.67. The van der Waals surface area contributed by atoms with Gasteiger partial charge >= 0.3 is 0 Å². The SMILES string of the molecule is CC(C)N(Cc1ccccc1)c1n[nH]c(=S)n1C1CC1. The summed E-state index contributed by atoms with van der Waals surface area (Å²) in [6, 6.07) is 11.4. The van der Waals surface area contributed by atoms with Crippen molar-refractivity contribution >= 4 is 18.2 Å². The maximum Gasteiger partial charge on any atom is 0.226 e. The summed E-state index contributed by atoms with van der Waals surface area (Å²) in [5.41, 5.74) is 1.29. The van der Waals surface area contributed by atoms with Gasteiger partial charge in [0.05, 0.1) is 0 Å². The van der Waals surface area contributed by atoms with E-state index < -0.39 is 0 Å². The largest absolute Gasteiger partial charge is 0.334 e. The molecule has 0 radical (unpaired) electrons. The van der Waals surface area contributed by atoms with Crippen molar-refractivity contribution in [1.82, 2.24) is 14.8 Å². The molecule has 0 saturated heterocycles. The molecular formula is C15H20N4S. The van der Waals surface area contributed by atoms with Gasteiger partial charge in [0.25, 0.3) is 0 Å². The minimum atomic E-state index is 0.373. The molecule has 0 bridgehead atoms. The number of benzene rings is 1. The fourth-order valence-corrected chi connectivity index (χ4v) is 2.70. The molecular weight excluding hydrogens is 268 g/mol. The van der Waals surface area contributed by atoms with E-state index in [-0.39, 0.29) is 0 Å². The van der Waals surface area contributed by atoms with Gasteiger partial charge in [0, 0.05) is 18.6 Å². The summed E-state index contributed by atoms with van der Waals surface area (Å²) in [7, 11) is 0. The quantitative estimate of drug-likeness (QED) is 0.853. The first-order valence-electron chi connectivity index (χ1n) is 7.14. The first kappa shape index (κ1) is 13.4. The fraction of sp³-hybridized carbons (Fsp3) is 0.467. The number of nitrogens with one attached hydrogen (secondary N) is 1. The highest BCUT2D eigenvalue weighted by Crippen LogP contribution is 2.38.